The lowest BCUT2D eigenvalue weighted by atomic mass is 10.1. The van der Waals surface area contributed by atoms with Gasteiger partial charge in [0.05, 0.1) is 6.42 Å². The normalized spacial score (nSPS) is 20.1. The molecule has 1 saturated heterocycles. The lowest BCUT2D eigenvalue weighted by Crippen LogP contribution is -2.36. The number of phenolic OH excluding ortho intramolecular Hbond substituents is 1. The molecule has 1 aromatic rings. The van der Waals surface area contributed by atoms with E-state index in [2.05, 4.69) is 10.6 Å². The van der Waals surface area contributed by atoms with Crippen LogP contribution >= 0.6 is 0 Å². The Morgan fingerprint density at radius 3 is 3.00 bits per heavy atom. The van der Waals surface area contributed by atoms with E-state index in [1.54, 1.807) is 18.2 Å². The van der Waals surface area contributed by atoms with Gasteiger partial charge >= 0.3 is 0 Å². The van der Waals surface area contributed by atoms with Crippen LogP contribution in [0.4, 0.5) is 0 Å². The molecule has 1 heterocycles. The van der Waals surface area contributed by atoms with Gasteiger partial charge < -0.3 is 15.7 Å². The van der Waals surface area contributed by atoms with Crippen LogP contribution in [0.1, 0.15) is 24.8 Å². The highest BCUT2D eigenvalue weighted by atomic mass is 16.3. The van der Waals surface area contributed by atoms with Gasteiger partial charge in [-0.25, -0.2) is 0 Å². The topological polar surface area (TPSA) is 61.4 Å². The molecule has 0 bridgehead atoms. The van der Waals surface area contributed by atoms with Gasteiger partial charge in [0.2, 0.25) is 5.91 Å². The van der Waals surface area contributed by atoms with Crippen LogP contribution in [0.15, 0.2) is 24.3 Å². The molecule has 18 heavy (non-hydrogen) atoms. The molecule has 1 aliphatic heterocycles. The maximum absolute atomic E-state index is 11.9. The average Bonchev–Trinajstić information content (AvgIpc) is 2.61. The Hall–Kier alpha value is -1.55. The number of nitrogens with one attached hydrogen (secondary N) is 2. The van der Waals surface area contributed by atoms with Gasteiger partial charge in [0.1, 0.15) is 5.75 Å². The van der Waals surface area contributed by atoms with Gasteiger partial charge in [-0.2, -0.15) is 0 Å². The van der Waals surface area contributed by atoms with Crippen LogP contribution in [-0.2, 0) is 11.2 Å². The summed E-state index contributed by atoms with van der Waals surface area (Å²) in [5.74, 6) is 0.179. The molecular weight excluding hydrogens is 228 g/mol. The molecule has 4 nitrogen and oxygen atoms in total. The molecule has 0 spiro atoms. The summed E-state index contributed by atoms with van der Waals surface area (Å²) in [6.07, 6.45) is 3.35. The van der Waals surface area contributed by atoms with Crippen molar-refractivity contribution in [1.29, 1.82) is 0 Å². The molecule has 1 amide bonds. The highest BCUT2D eigenvalue weighted by molar-refractivity contribution is 5.79. The number of aromatic hydroxyl groups is 1. The Morgan fingerprint density at radius 2 is 2.17 bits per heavy atom. The van der Waals surface area contributed by atoms with Crippen molar-refractivity contribution < 1.29 is 9.90 Å². The summed E-state index contributed by atoms with van der Waals surface area (Å²) >= 11 is 0. The van der Waals surface area contributed by atoms with Gasteiger partial charge in [0.15, 0.2) is 0 Å². The van der Waals surface area contributed by atoms with Crippen LogP contribution in [0.5, 0.6) is 5.75 Å². The minimum absolute atomic E-state index is 0.0107. The average molecular weight is 248 g/mol. The summed E-state index contributed by atoms with van der Waals surface area (Å²) in [5, 5.41) is 16.0. The lowest BCUT2D eigenvalue weighted by Gasteiger charge is -2.16. The lowest BCUT2D eigenvalue weighted by molar-refractivity contribution is -0.121. The zero-order valence-corrected chi connectivity index (χ0v) is 10.5. The minimum atomic E-state index is -0.0107. The fourth-order valence-electron chi connectivity index (χ4n) is 2.28. The fourth-order valence-corrected chi connectivity index (χ4v) is 2.28. The SMILES string of the molecule is O=C(Cc1ccccc1O)NC1CCCNCC1. The van der Waals surface area contributed by atoms with E-state index in [0.29, 0.717) is 5.56 Å². The fraction of sp³-hybridized carbons (Fsp3) is 0.500. The first-order valence-electron chi connectivity index (χ1n) is 6.52. The Kier molecular flexibility index (Phi) is 4.59. The predicted octanol–water partition coefficient (Wildman–Crippen LogP) is 1.19. The number of benzene rings is 1. The highest BCUT2D eigenvalue weighted by Crippen LogP contribution is 2.16. The van der Waals surface area contributed by atoms with E-state index in [4.69, 9.17) is 0 Å². The van der Waals surface area contributed by atoms with E-state index >= 15 is 0 Å². The first-order chi connectivity index (χ1) is 8.75. The maximum Gasteiger partial charge on any atom is 0.224 e. The molecule has 1 atom stereocenters. The van der Waals surface area contributed by atoms with Crippen molar-refractivity contribution in [3.05, 3.63) is 29.8 Å². The van der Waals surface area contributed by atoms with E-state index in [-0.39, 0.29) is 24.1 Å². The molecule has 1 fully saturated rings. The Bertz CT molecular complexity index is 399. The van der Waals surface area contributed by atoms with Crippen molar-refractivity contribution in [2.24, 2.45) is 0 Å². The van der Waals surface area contributed by atoms with E-state index in [9.17, 15) is 9.90 Å². The number of carbonyl (C=O) groups is 1. The van der Waals surface area contributed by atoms with E-state index in [1.807, 2.05) is 6.07 Å². The summed E-state index contributed by atoms with van der Waals surface area (Å²) in [5.41, 5.74) is 0.682. The number of amides is 1. The smallest absolute Gasteiger partial charge is 0.224 e. The summed E-state index contributed by atoms with van der Waals surface area (Å²) in [6, 6.07) is 7.24. The third kappa shape index (κ3) is 3.74. The molecule has 0 saturated carbocycles. The monoisotopic (exact) mass is 248 g/mol. The Labute approximate surface area is 107 Å². The van der Waals surface area contributed by atoms with Crippen molar-refractivity contribution in [3.8, 4) is 5.75 Å². The van der Waals surface area contributed by atoms with Crippen LogP contribution in [0.25, 0.3) is 0 Å². The van der Waals surface area contributed by atoms with Crippen molar-refractivity contribution >= 4 is 5.91 Å². The minimum Gasteiger partial charge on any atom is -0.508 e. The second-order valence-electron chi connectivity index (χ2n) is 4.75. The first kappa shape index (κ1) is 12.9. The van der Waals surface area contributed by atoms with Crippen molar-refractivity contribution in [2.45, 2.75) is 31.7 Å². The zero-order valence-electron chi connectivity index (χ0n) is 10.5. The predicted molar refractivity (Wildman–Crippen MR) is 70.5 cm³/mol. The molecule has 1 aliphatic rings. The van der Waals surface area contributed by atoms with Crippen molar-refractivity contribution in [2.75, 3.05) is 13.1 Å². The molecule has 98 valence electrons. The molecule has 4 heteroatoms. The Morgan fingerprint density at radius 1 is 1.33 bits per heavy atom. The van der Waals surface area contributed by atoms with Gasteiger partial charge in [-0.05, 0) is 38.4 Å². The third-order valence-electron chi connectivity index (χ3n) is 3.28. The number of hydrogen-bond acceptors (Lipinski definition) is 3. The molecule has 1 unspecified atom stereocenters. The molecule has 0 aliphatic carbocycles. The van der Waals surface area contributed by atoms with Crippen LogP contribution in [-0.4, -0.2) is 30.1 Å². The third-order valence-corrected chi connectivity index (χ3v) is 3.28. The van der Waals surface area contributed by atoms with Crippen LogP contribution < -0.4 is 10.6 Å². The number of carbonyl (C=O) groups excluding carboxylic acids is 1. The van der Waals surface area contributed by atoms with Crippen molar-refractivity contribution in [3.63, 3.8) is 0 Å². The van der Waals surface area contributed by atoms with Crippen LogP contribution in [0.3, 0.4) is 0 Å². The molecule has 0 radical (unpaired) electrons. The van der Waals surface area contributed by atoms with Crippen molar-refractivity contribution in [1.82, 2.24) is 10.6 Å². The van der Waals surface area contributed by atoms with Gasteiger partial charge in [0, 0.05) is 11.6 Å². The van der Waals surface area contributed by atoms with Gasteiger partial charge in [0.25, 0.3) is 0 Å². The summed E-state index contributed by atoms with van der Waals surface area (Å²) in [6.45, 7) is 1.99. The van der Waals surface area contributed by atoms with Crippen LogP contribution in [0, 0.1) is 0 Å². The zero-order chi connectivity index (χ0) is 12.8. The van der Waals surface area contributed by atoms with E-state index in [0.717, 1.165) is 32.4 Å². The number of rotatable bonds is 3. The molecule has 2 rings (SSSR count). The quantitative estimate of drug-likeness (QED) is 0.753. The molecule has 1 aromatic carbocycles. The van der Waals surface area contributed by atoms with Gasteiger partial charge in [-0.1, -0.05) is 18.2 Å². The number of phenols is 1. The second kappa shape index (κ2) is 6.40. The summed E-state index contributed by atoms with van der Waals surface area (Å²) < 4.78 is 0. The van der Waals surface area contributed by atoms with Crippen LogP contribution in [0.2, 0.25) is 0 Å². The van der Waals surface area contributed by atoms with E-state index in [1.165, 1.54) is 0 Å². The number of hydrogen-bond donors (Lipinski definition) is 3. The first-order valence-corrected chi connectivity index (χ1v) is 6.52. The Balaban J connectivity index is 1.86. The highest BCUT2D eigenvalue weighted by Gasteiger charge is 2.15. The molecule has 0 aromatic heterocycles. The molecular formula is C14H20N2O2. The van der Waals surface area contributed by atoms with E-state index < -0.39 is 0 Å². The largest absolute Gasteiger partial charge is 0.508 e. The standard InChI is InChI=1S/C14H20N2O2/c17-13-6-2-1-4-11(13)10-14(18)16-12-5-3-8-15-9-7-12/h1-2,4,6,12,15,17H,3,5,7-10H2,(H,16,18). The molecule has 3 N–H and O–H groups in total. The maximum atomic E-state index is 11.9. The summed E-state index contributed by atoms with van der Waals surface area (Å²) in [4.78, 5) is 11.9. The summed E-state index contributed by atoms with van der Waals surface area (Å²) in [7, 11) is 0. The number of para-hydroxylation sites is 1. The van der Waals surface area contributed by atoms with Gasteiger partial charge in [-0.3, -0.25) is 4.79 Å². The second-order valence-corrected chi connectivity index (χ2v) is 4.75. The van der Waals surface area contributed by atoms with Gasteiger partial charge in [-0.15, -0.1) is 0 Å².